The van der Waals surface area contributed by atoms with Crippen LogP contribution in [0, 0.1) is 0 Å². The zero-order valence-electron chi connectivity index (χ0n) is 17.1. The van der Waals surface area contributed by atoms with Crippen LogP contribution in [0.25, 0.3) is 11.1 Å². The number of carbonyl (C=O) groups excluding carboxylic acids is 2. The van der Waals surface area contributed by atoms with Crippen LogP contribution in [0.5, 0.6) is 0 Å². The molecule has 0 saturated carbocycles. The van der Waals surface area contributed by atoms with Crippen LogP contribution in [-0.2, 0) is 14.3 Å². The SMILES string of the molecule is CC[C@@H](NC(=O)OCC1c2ccccc2-c2ccccc21)C(=O)N[C@H](C)CC(=O)O. The number of carboxylic acid groups (broad SMARTS) is 1. The molecule has 7 nitrogen and oxygen atoms in total. The molecule has 2 amide bonds. The molecular weight excluding hydrogens is 384 g/mol. The van der Waals surface area contributed by atoms with Crippen molar-refractivity contribution in [3.05, 3.63) is 59.7 Å². The van der Waals surface area contributed by atoms with Gasteiger partial charge in [-0.15, -0.1) is 0 Å². The Balaban J connectivity index is 1.60. The number of fused-ring (bicyclic) bond motifs is 3. The summed E-state index contributed by atoms with van der Waals surface area (Å²) >= 11 is 0. The highest BCUT2D eigenvalue weighted by Crippen LogP contribution is 2.44. The summed E-state index contributed by atoms with van der Waals surface area (Å²) in [6.45, 7) is 3.52. The van der Waals surface area contributed by atoms with Gasteiger partial charge < -0.3 is 20.5 Å². The second-order valence-electron chi connectivity index (χ2n) is 7.44. The Bertz CT molecular complexity index is 897. The zero-order chi connectivity index (χ0) is 21.7. The normalized spacial score (nSPS) is 14.2. The van der Waals surface area contributed by atoms with Crippen molar-refractivity contribution < 1.29 is 24.2 Å². The Morgan fingerprint density at radius 2 is 1.57 bits per heavy atom. The number of rotatable bonds is 8. The maximum Gasteiger partial charge on any atom is 0.407 e. The topological polar surface area (TPSA) is 105 Å². The largest absolute Gasteiger partial charge is 0.481 e. The first-order chi connectivity index (χ1) is 14.4. The number of benzene rings is 2. The van der Waals surface area contributed by atoms with Gasteiger partial charge in [-0.3, -0.25) is 9.59 Å². The fraction of sp³-hybridized carbons (Fsp3) is 0.348. The fourth-order valence-corrected chi connectivity index (χ4v) is 3.79. The Morgan fingerprint density at radius 1 is 1.00 bits per heavy atom. The molecule has 30 heavy (non-hydrogen) atoms. The molecule has 0 unspecified atom stereocenters. The van der Waals surface area contributed by atoms with Crippen molar-refractivity contribution in [3.63, 3.8) is 0 Å². The fourth-order valence-electron chi connectivity index (χ4n) is 3.79. The van der Waals surface area contributed by atoms with Crippen LogP contribution in [0.4, 0.5) is 4.79 Å². The van der Waals surface area contributed by atoms with Gasteiger partial charge >= 0.3 is 12.1 Å². The van der Waals surface area contributed by atoms with Crippen LogP contribution in [0.2, 0.25) is 0 Å². The van der Waals surface area contributed by atoms with E-state index in [-0.39, 0.29) is 18.9 Å². The van der Waals surface area contributed by atoms with Gasteiger partial charge in [0.2, 0.25) is 5.91 Å². The lowest BCUT2D eigenvalue weighted by Gasteiger charge is -2.20. The molecule has 2 aromatic carbocycles. The summed E-state index contributed by atoms with van der Waals surface area (Å²) in [6, 6.07) is 14.8. The van der Waals surface area contributed by atoms with Crippen molar-refractivity contribution in [1.29, 1.82) is 0 Å². The average molecular weight is 410 g/mol. The van der Waals surface area contributed by atoms with E-state index in [1.807, 2.05) is 36.4 Å². The van der Waals surface area contributed by atoms with Crippen LogP contribution < -0.4 is 10.6 Å². The van der Waals surface area contributed by atoms with E-state index in [9.17, 15) is 14.4 Å². The number of hydrogen-bond acceptors (Lipinski definition) is 4. The number of carbonyl (C=O) groups is 3. The third kappa shape index (κ3) is 4.79. The van der Waals surface area contributed by atoms with Gasteiger partial charge in [0.15, 0.2) is 0 Å². The number of carboxylic acids is 1. The quantitative estimate of drug-likeness (QED) is 0.619. The van der Waals surface area contributed by atoms with E-state index in [2.05, 4.69) is 22.8 Å². The first-order valence-corrected chi connectivity index (χ1v) is 10.0. The molecule has 2 atom stereocenters. The van der Waals surface area contributed by atoms with Gasteiger partial charge in [0, 0.05) is 12.0 Å². The van der Waals surface area contributed by atoms with Crippen molar-refractivity contribution in [2.75, 3.05) is 6.61 Å². The van der Waals surface area contributed by atoms with E-state index in [0.717, 1.165) is 22.3 Å². The maximum atomic E-state index is 12.4. The van der Waals surface area contributed by atoms with Crippen molar-refractivity contribution in [2.45, 2.75) is 44.7 Å². The molecule has 0 saturated heterocycles. The van der Waals surface area contributed by atoms with Gasteiger partial charge in [0.1, 0.15) is 12.6 Å². The summed E-state index contributed by atoms with van der Waals surface area (Å²) in [7, 11) is 0. The molecule has 0 aromatic heterocycles. The summed E-state index contributed by atoms with van der Waals surface area (Å²) in [5, 5.41) is 14.0. The van der Waals surface area contributed by atoms with E-state index in [1.54, 1.807) is 13.8 Å². The molecule has 3 rings (SSSR count). The first kappa shape index (κ1) is 21.4. The van der Waals surface area contributed by atoms with Gasteiger partial charge in [0.25, 0.3) is 0 Å². The van der Waals surface area contributed by atoms with Crippen LogP contribution in [0.1, 0.15) is 43.7 Å². The minimum atomic E-state index is -1.000. The van der Waals surface area contributed by atoms with E-state index in [1.165, 1.54) is 0 Å². The van der Waals surface area contributed by atoms with Gasteiger partial charge in [-0.05, 0) is 35.6 Å². The van der Waals surface area contributed by atoms with Crippen molar-refractivity contribution >= 4 is 18.0 Å². The molecule has 3 N–H and O–H groups in total. The highest BCUT2D eigenvalue weighted by Gasteiger charge is 2.29. The smallest absolute Gasteiger partial charge is 0.407 e. The summed E-state index contributed by atoms with van der Waals surface area (Å²) in [5.41, 5.74) is 4.50. The minimum Gasteiger partial charge on any atom is -0.481 e. The summed E-state index contributed by atoms with van der Waals surface area (Å²) in [6.07, 6.45) is -0.507. The van der Waals surface area contributed by atoms with Gasteiger partial charge in [-0.1, -0.05) is 55.5 Å². The van der Waals surface area contributed by atoms with Gasteiger partial charge in [-0.2, -0.15) is 0 Å². The van der Waals surface area contributed by atoms with E-state index < -0.39 is 30.1 Å². The minimum absolute atomic E-state index is 0.0624. The van der Waals surface area contributed by atoms with E-state index >= 15 is 0 Å². The van der Waals surface area contributed by atoms with E-state index in [4.69, 9.17) is 9.84 Å². The third-order valence-electron chi connectivity index (χ3n) is 5.23. The zero-order valence-corrected chi connectivity index (χ0v) is 17.1. The van der Waals surface area contributed by atoms with Crippen molar-refractivity contribution in [2.24, 2.45) is 0 Å². The molecule has 158 valence electrons. The molecular formula is C23H26N2O5. The summed E-state index contributed by atoms with van der Waals surface area (Å²) < 4.78 is 5.47. The lowest BCUT2D eigenvalue weighted by Crippen LogP contribution is -2.49. The molecule has 1 aliphatic carbocycles. The monoisotopic (exact) mass is 410 g/mol. The highest BCUT2D eigenvalue weighted by atomic mass is 16.5. The predicted octanol–water partition coefficient (Wildman–Crippen LogP) is 3.28. The second-order valence-corrected chi connectivity index (χ2v) is 7.44. The number of ether oxygens (including phenoxy) is 1. The lowest BCUT2D eigenvalue weighted by atomic mass is 9.98. The second kappa shape index (κ2) is 9.43. The lowest BCUT2D eigenvalue weighted by molar-refractivity contribution is -0.137. The number of alkyl carbamates (subject to hydrolysis) is 1. The molecule has 0 fully saturated rings. The van der Waals surface area contributed by atoms with E-state index in [0.29, 0.717) is 6.42 Å². The molecule has 2 aromatic rings. The van der Waals surface area contributed by atoms with Crippen molar-refractivity contribution in [3.8, 4) is 11.1 Å². The Labute approximate surface area is 175 Å². The molecule has 0 aliphatic heterocycles. The Hall–Kier alpha value is -3.35. The molecule has 0 radical (unpaired) electrons. The first-order valence-electron chi connectivity index (χ1n) is 10.0. The molecule has 0 heterocycles. The van der Waals surface area contributed by atoms with Crippen LogP contribution in [0.3, 0.4) is 0 Å². The van der Waals surface area contributed by atoms with Crippen LogP contribution in [-0.4, -0.2) is 41.8 Å². The predicted molar refractivity (Wildman–Crippen MR) is 112 cm³/mol. The van der Waals surface area contributed by atoms with Gasteiger partial charge in [-0.25, -0.2) is 4.79 Å². The Kier molecular flexibility index (Phi) is 6.72. The molecule has 0 spiro atoms. The number of hydrogen-bond donors (Lipinski definition) is 3. The molecule has 7 heteroatoms. The number of nitrogens with one attached hydrogen (secondary N) is 2. The molecule has 0 bridgehead atoms. The summed E-state index contributed by atoms with van der Waals surface area (Å²) in [4.78, 5) is 35.4. The third-order valence-corrected chi connectivity index (χ3v) is 5.23. The molecule has 1 aliphatic rings. The standard InChI is InChI=1S/C23H26N2O5/c1-3-20(22(28)24-14(2)12-21(26)27)25-23(29)30-13-19-17-10-6-4-8-15(17)16-9-5-7-11-18(16)19/h4-11,14,19-20H,3,12-13H2,1-2H3,(H,24,28)(H,25,29)(H,26,27)/t14-,20-/m1/s1. The average Bonchev–Trinajstić information content (AvgIpc) is 3.03. The van der Waals surface area contributed by atoms with Crippen LogP contribution >= 0.6 is 0 Å². The maximum absolute atomic E-state index is 12.4. The van der Waals surface area contributed by atoms with Gasteiger partial charge in [0.05, 0.1) is 6.42 Å². The van der Waals surface area contributed by atoms with Crippen molar-refractivity contribution in [1.82, 2.24) is 10.6 Å². The summed E-state index contributed by atoms with van der Waals surface area (Å²) in [5.74, 6) is -1.49. The Morgan fingerprint density at radius 3 is 2.10 bits per heavy atom. The number of aliphatic carboxylic acids is 1. The highest BCUT2D eigenvalue weighted by molar-refractivity contribution is 5.86. The number of amides is 2. The van der Waals surface area contributed by atoms with Crippen LogP contribution in [0.15, 0.2) is 48.5 Å².